The number of carbonyl (C=O) groups is 1. The van der Waals surface area contributed by atoms with Crippen LogP contribution in [0.25, 0.3) is 0 Å². The van der Waals surface area contributed by atoms with Gasteiger partial charge in [0.05, 0.1) is 18.4 Å². The molecule has 1 saturated heterocycles. The predicted octanol–water partition coefficient (Wildman–Crippen LogP) is 1.98. The number of nitrogens with one attached hydrogen (secondary N) is 1. The van der Waals surface area contributed by atoms with Gasteiger partial charge in [0.1, 0.15) is 5.75 Å². The molecule has 0 aromatic heterocycles. The molecule has 0 unspecified atom stereocenters. The number of carboxylic acids is 1. The fraction of sp³-hybridized carbons (Fsp3) is 0.462. The van der Waals surface area contributed by atoms with E-state index in [1.165, 1.54) is 6.07 Å². The van der Waals surface area contributed by atoms with Crippen LogP contribution in [0.3, 0.4) is 0 Å². The molecule has 5 heteroatoms. The summed E-state index contributed by atoms with van der Waals surface area (Å²) in [6, 6.07) is 5.12. The van der Waals surface area contributed by atoms with Gasteiger partial charge in [0.2, 0.25) is 0 Å². The number of aromatic carboxylic acids is 1. The number of hydrogen-bond donors (Lipinski definition) is 2. The molecule has 2 N–H and O–H groups in total. The van der Waals surface area contributed by atoms with Crippen molar-refractivity contribution in [3.63, 3.8) is 0 Å². The first-order chi connectivity index (χ1) is 8.70. The quantitative estimate of drug-likeness (QED) is 0.856. The van der Waals surface area contributed by atoms with Crippen LogP contribution in [0.4, 0.5) is 5.69 Å². The number of methoxy groups -OCH3 is 1. The third kappa shape index (κ3) is 2.92. The van der Waals surface area contributed by atoms with E-state index in [4.69, 9.17) is 14.6 Å². The molecule has 1 aromatic rings. The van der Waals surface area contributed by atoms with E-state index in [1.54, 1.807) is 19.2 Å². The molecule has 1 aliphatic rings. The molecule has 2 rings (SSSR count). The Balaban J connectivity index is 2.17. The Hall–Kier alpha value is -1.75. The summed E-state index contributed by atoms with van der Waals surface area (Å²) in [7, 11) is 1.57. The van der Waals surface area contributed by atoms with Crippen LogP contribution in [0.5, 0.6) is 5.75 Å². The molecular weight excluding hydrogens is 234 g/mol. The van der Waals surface area contributed by atoms with E-state index in [1.807, 2.05) is 0 Å². The number of benzene rings is 1. The van der Waals surface area contributed by atoms with Crippen molar-refractivity contribution in [2.75, 3.05) is 25.6 Å². The van der Waals surface area contributed by atoms with Crippen LogP contribution in [0.2, 0.25) is 0 Å². The zero-order valence-corrected chi connectivity index (χ0v) is 10.3. The van der Waals surface area contributed by atoms with Crippen molar-refractivity contribution >= 4 is 11.7 Å². The summed E-state index contributed by atoms with van der Waals surface area (Å²) < 4.78 is 10.5. The summed E-state index contributed by atoms with van der Waals surface area (Å²) in [5.41, 5.74) is 0.981. The molecule has 0 atom stereocenters. The van der Waals surface area contributed by atoms with E-state index in [0.717, 1.165) is 31.7 Å². The second-order valence-corrected chi connectivity index (χ2v) is 4.25. The average Bonchev–Trinajstić information content (AvgIpc) is 2.39. The minimum atomic E-state index is -0.937. The van der Waals surface area contributed by atoms with Gasteiger partial charge in [-0.15, -0.1) is 0 Å². The van der Waals surface area contributed by atoms with Gasteiger partial charge in [-0.2, -0.15) is 0 Å². The second-order valence-electron chi connectivity index (χ2n) is 4.25. The molecule has 0 spiro atoms. The summed E-state index contributed by atoms with van der Waals surface area (Å²) in [6.45, 7) is 1.47. The number of carboxylic acid groups (broad SMARTS) is 1. The van der Waals surface area contributed by atoms with Gasteiger partial charge < -0.3 is 19.9 Å². The molecule has 1 heterocycles. The molecule has 1 aliphatic heterocycles. The molecule has 5 nitrogen and oxygen atoms in total. The molecule has 0 amide bonds. The summed E-state index contributed by atoms with van der Waals surface area (Å²) in [6.07, 6.45) is 1.83. The van der Waals surface area contributed by atoms with Crippen molar-refractivity contribution in [2.24, 2.45) is 0 Å². The summed E-state index contributed by atoms with van der Waals surface area (Å²) in [5.74, 6) is -0.279. The Morgan fingerprint density at radius 1 is 1.44 bits per heavy atom. The Labute approximate surface area is 106 Å². The maximum Gasteiger partial charge on any atom is 0.335 e. The molecule has 98 valence electrons. The molecule has 0 saturated carbocycles. The fourth-order valence-electron chi connectivity index (χ4n) is 2.02. The van der Waals surface area contributed by atoms with E-state index in [2.05, 4.69) is 5.32 Å². The normalized spacial score (nSPS) is 16.3. The minimum Gasteiger partial charge on any atom is -0.495 e. The number of hydrogen-bond acceptors (Lipinski definition) is 4. The maximum atomic E-state index is 11.0. The van der Waals surface area contributed by atoms with Crippen molar-refractivity contribution in [3.8, 4) is 5.75 Å². The Bertz CT molecular complexity index is 427. The third-order valence-electron chi connectivity index (χ3n) is 3.03. The maximum absolute atomic E-state index is 11.0. The highest BCUT2D eigenvalue weighted by atomic mass is 16.5. The Kier molecular flexibility index (Phi) is 4.04. The van der Waals surface area contributed by atoms with Crippen LogP contribution in [-0.4, -0.2) is 37.4 Å². The lowest BCUT2D eigenvalue weighted by molar-refractivity contribution is 0.0696. The zero-order valence-electron chi connectivity index (χ0n) is 10.3. The number of anilines is 1. The average molecular weight is 251 g/mol. The van der Waals surface area contributed by atoms with Gasteiger partial charge in [0, 0.05) is 19.3 Å². The van der Waals surface area contributed by atoms with Crippen molar-refractivity contribution in [1.82, 2.24) is 0 Å². The van der Waals surface area contributed by atoms with Crippen LogP contribution >= 0.6 is 0 Å². The first-order valence-electron chi connectivity index (χ1n) is 5.96. The first-order valence-corrected chi connectivity index (χ1v) is 5.96. The monoisotopic (exact) mass is 251 g/mol. The van der Waals surface area contributed by atoms with Crippen molar-refractivity contribution in [2.45, 2.75) is 18.9 Å². The van der Waals surface area contributed by atoms with Crippen molar-refractivity contribution in [3.05, 3.63) is 23.8 Å². The lowest BCUT2D eigenvalue weighted by Crippen LogP contribution is -2.28. The smallest absolute Gasteiger partial charge is 0.335 e. The van der Waals surface area contributed by atoms with Crippen LogP contribution in [0, 0.1) is 0 Å². The number of rotatable bonds is 4. The topological polar surface area (TPSA) is 67.8 Å². The van der Waals surface area contributed by atoms with Gasteiger partial charge in [-0.25, -0.2) is 4.79 Å². The van der Waals surface area contributed by atoms with E-state index in [0.29, 0.717) is 11.8 Å². The summed E-state index contributed by atoms with van der Waals surface area (Å²) in [5, 5.41) is 12.3. The molecular formula is C13H17NO4. The largest absolute Gasteiger partial charge is 0.495 e. The molecule has 0 radical (unpaired) electrons. The summed E-state index contributed by atoms with van der Waals surface area (Å²) in [4.78, 5) is 11.0. The third-order valence-corrected chi connectivity index (χ3v) is 3.03. The standard InChI is InChI=1S/C13H17NO4/c1-17-12-3-2-9(13(15)16)8-11(12)14-10-4-6-18-7-5-10/h2-3,8,10,14H,4-7H2,1H3,(H,15,16). The van der Waals surface area contributed by atoms with E-state index >= 15 is 0 Å². The van der Waals surface area contributed by atoms with Gasteiger partial charge in [0.15, 0.2) is 0 Å². The van der Waals surface area contributed by atoms with Crippen molar-refractivity contribution in [1.29, 1.82) is 0 Å². The highest BCUT2D eigenvalue weighted by molar-refractivity contribution is 5.89. The van der Waals surface area contributed by atoms with Crippen LogP contribution in [-0.2, 0) is 4.74 Å². The lowest BCUT2D eigenvalue weighted by atomic mass is 10.1. The molecule has 18 heavy (non-hydrogen) atoms. The van der Waals surface area contributed by atoms with Gasteiger partial charge in [-0.05, 0) is 31.0 Å². The van der Waals surface area contributed by atoms with Gasteiger partial charge >= 0.3 is 5.97 Å². The SMILES string of the molecule is COc1ccc(C(=O)O)cc1NC1CCOCC1. The molecule has 1 aromatic carbocycles. The first kappa shape index (κ1) is 12.7. The van der Waals surface area contributed by atoms with Crippen molar-refractivity contribution < 1.29 is 19.4 Å². The zero-order chi connectivity index (χ0) is 13.0. The Morgan fingerprint density at radius 3 is 2.78 bits per heavy atom. The summed E-state index contributed by atoms with van der Waals surface area (Å²) >= 11 is 0. The van der Waals surface area contributed by atoms with Gasteiger partial charge in [0.25, 0.3) is 0 Å². The van der Waals surface area contributed by atoms with Crippen LogP contribution in [0.15, 0.2) is 18.2 Å². The van der Waals surface area contributed by atoms with E-state index in [-0.39, 0.29) is 5.56 Å². The van der Waals surface area contributed by atoms with E-state index in [9.17, 15) is 4.79 Å². The Morgan fingerprint density at radius 2 is 2.17 bits per heavy atom. The van der Waals surface area contributed by atoms with E-state index < -0.39 is 5.97 Å². The second kappa shape index (κ2) is 5.73. The minimum absolute atomic E-state index is 0.255. The van der Waals surface area contributed by atoms with Crippen LogP contribution in [0.1, 0.15) is 23.2 Å². The number of ether oxygens (including phenoxy) is 2. The van der Waals surface area contributed by atoms with Gasteiger partial charge in [-0.3, -0.25) is 0 Å². The highest BCUT2D eigenvalue weighted by Crippen LogP contribution is 2.27. The highest BCUT2D eigenvalue weighted by Gasteiger charge is 2.16. The predicted molar refractivity (Wildman–Crippen MR) is 67.4 cm³/mol. The van der Waals surface area contributed by atoms with Crippen LogP contribution < -0.4 is 10.1 Å². The fourth-order valence-corrected chi connectivity index (χ4v) is 2.02. The van der Waals surface area contributed by atoms with Gasteiger partial charge in [-0.1, -0.05) is 0 Å². The molecule has 1 fully saturated rings. The lowest BCUT2D eigenvalue weighted by Gasteiger charge is -2.25. The molecule has 0 bridgehead atoms. The molecule has 0 aliphatic carbocycles.